The van der Waals surface area contributed by atoms with Crippen molar-refractivity contribution in [1.82, 2.24) is 0 Å². The van der Waals surface area contributed by atoms with Crippen LogP contribution < -0.4 is 0 Å². The SMILES string of the molecule is CC(C)C(=O)Cc1ccccc1.CC(C)C(O)Cc1ccccc1. The first-order valence-corrected chi connectivity index (χ1v) is 8.68. The smallest absolute Gasteiger partial charge is 0.139 e. The molecule has 1 atom stereocenters. The van der Waals surface area contributed by atoms with Crippen molar-refractivity contribution in [2.24, 2.45) is 11.8 Å². The number of aliphatic hydroxyl groups excluding tert-OH is 1. The third-order valence-electron chi connectivity index (χ3n) is 3.92. The Labute approximate surface area is 146 Å². The second-order valence-electron chi connectivity index (χ2n) is 6.78. The normalized spacial score (nSPS) is 11.8. The summed E-state index contributed by atoms with van der Waals surface area (Å²) in [5, 5.41) is 9.58. The Morgan fingerprint density at radius 1 is 0.833 bits per heavy atom. The fourth-order valence-corrected chi connectivity index (χ4v) is 2.09. The molecule has 2 aromatic rings. The number of aliphatic hydroxyl groups is 1. The number of carbonyl (C=O) groups excluding carboxylic acids is 1. The van der Waals surface area contributed by atoms with E-state index in [1.807, 2.05) is 88.4 Å². The Morgan fingerprint density at radius 2 is 1.29 bits per heavy atom. The van der Waals surface area contributed by atoms with Gasteiger partial charge in [-0.25, -0.2) is 0 Å². The maximum atomic E-state index is 11.3. The average molecular weight is 326 g/mol. The van der Waals surface area contributed by atoms with Gasteiger partial charge in [0.15, 0.2) is 0 Å². The summed E-state index contributed by atoms with van der Waals surface area (Å²) >= 11 is 0. The Morgan fingerprint density at radius 3 is 1.71 bits per heavy atom. The highest BCUT2D eigenvalue weighted by Crippen LogP contribution is 2.09. The highest BCUT2D eigenvalue weighted by atomic mass is 16.3. The van der Waals surface area contributed by atoms with Gasteiger partial charge in [0.05, 0.1) is 6.10 Å². The quantitative estimate of drug-likeness (QED) is 0.835. The lowest BCUT2D eigenvalue weighted by Crippen LogP contribution is -2.17. The van der Waals surface area contributed by atoms with Crippen LogP contribution in [-0.2, 0) is 17.6 Å². The standard InChI is InChI=1S/C11H16O.C11H14O/c2*1-9(2)11(12)8-10-6-4-3-5-7-10/h3-7,9,11-12H,8H2,1-2H3;3-7,9H,8H2,1-2H3. The monoisotopic (exact) mass is 326 g/mol. The predicted molar refractivity (Wildman–Crippen MR) is 101 cm³/mol. The van der Waals surface area contributed by atoms with Crippen molar-refractivity contribution in [2.45, 2.75) is 46.6 Å². The van der Waals surface area contributed by atoms with Gasteiger partial charge >= 0.3 is 0 Å². The van der Waals surface area contributed by atoms with E-state index in [9.17, 15) is 9.90 Å². The molecule has 1 N–H and O–H groups in total. The minimum Gasteiger partial charge on any atom is -0.393 e. The third-order valence-corrected chi connectivity index (χ3v) is 3.92. The Bertz CT molecular complexity index is 573. The largest absolute Gasteiger partial charge is 0.393 e. The summed E-state index contributed by atoms with van der Waals surface area (Å²) in [5.41, 5.74) is 2.31. The van der Waals surface area contributed by atoms with Gasteiger partial charge in [0, 0.05) is 12.3 Å². The topological polar surface area (TPSA) is 37.3 Å². The summed E-state index contributed by atoms with van der Waals surface area (Å²) in [6.07, 6.45) is 1.11. The zero-order valence-corrected chi connectivity index (χ0v) is 15.3. The summed E-state index contributed by atoms with van der Waals surface area (Å²) in [6.45, 7) is 7.94. The molecule has 2 aromatic carbocycles. The van der Waals surface area contributed by atoms with E-state index in [1.165, 1.54) is 5.56 Å². The molecule has 1 unspecified atom stereocenters. The van der Waals surface area contributed by atoms with Crippen molar-refractivity contribution in [2.75, 3.05) is 0 Å². The molecule has 130 valence electrons. The maximum Gasteiger partial charge on any atom is 0.139 e. The first-order chi connectivity index (χ1) is 11.4. The highest BCUT2D eigenvalue weighted by Gasteiger charge is 2.09. The molecule has 2 heteroatoms. The van der Waals surface area contributed by atoms with Crippen LogP contribution in [0.15, 0.2) is 60.7 Å². The number of ketones is 1. The van der Waals surface area contributed by atoms with Crippen molar-refractivity contribution in [3.05, 3.63) is 71.8 Å². The van der Waals surface area contributed by atoms with E-state index in [1.54, 1.807) is 0 Å². The second kappa shape index (κ2) is 10.8. The fourth-order valence-electron chi connectivity index (χ4n) is 2.09. The van der Waals surface area contributed by atoms with E-state index in [2.05, 4.69) is 0 Å². The number of carbonyl (C=O) groups is 1. The molecule has 0 aromatic heterocycles. The molecule has 0 bridgehead atoms. The van der Waals surface area contributed by atoms with E-state index >= 15 is 0 Å². The van der Waals surface area contributed by atoms with E-state index in [4.69, 9.17) is 0 Å². The molecule has 0 fully saturated rings. The lowest BCUT2D eigenvalue weighted by molar-refractivity contribution is -0.121. The molecule has 2 nitrogen and oxygen atoms in total. The molecule has 24 heavy (non-hydrogen) atoms. The van der Waals surface area contributed by atoms with Crippen LogP contribution in [0.4, 0.5) is 0 Å². The summed E-state index contributed by atoms with van der Waals surface area (Å²) in [7, 11) is 0. The van der Waals surface area contributed by atoms with Crippen LogP contribution in [0.3, 0.4) is 0 Å². The molecule has 0 aliphatic carbocycles. The van der Waals surface area contributed by atoms with Crippen LogP contribution in [0.1, 0.15) is 38.8 Å². The maximum absolute atomic E-state index is 11.3. The Hall–Kier alpha value is -1.93. The summed E-state index contributed by atoms with van der Waals surface area (Å²) in [4.78, 5) is 11.3. The number of hydrogen-bond acceptors (Lipinski definition) is 2. The van der Waals surface area contributed by atoms with Gasteiger partial charge in [-0.05, 0) is 23.5 Å². The third kappa shape index (κ3) is 8.07. The number of Topliss-reactive ketones (excluding diaryl/α,β-unsaturated/α-hetero) is 1. The zero-order valence-electron chi connectivity index (χ0n) is 15.3. The molecular formula is C22H30O2. The van der Waals surface area contributed by atoms with Crippen LogP contribution in [-0.4, -0.2) is 17.0 Å². The molecule has 2 rings (SSSR count). The van der Waals surface area contributed by atoms with Crippen LogP contribution in [0, 0.1) is 11.8 Å². The Kier molecular flexibility index (Phi) is 9.03. The molecule has 0 saturated carbocycles. The first kappa shape index (κ1) is 20.1. The van der Waals surface area contributed by atoms with Crippen LogP contribution in [0.2, 0.25) is 0 Å². The minimum absolute atomic E-state index is 0.144. The van der Waals surface area contributed by atoms with Crippen LogP contribution in [0.5, 0.6) is 0 Å². The van der Waals surface area contributed by atoms with Crippen molar-refractivity contribution < 1.29 is 9.90 Å². The molecule has 0 spiro atoms. The summed E-state index contributed by atoms with van der Waals surface area (Å²) in [5.74, 6) is 0.789. The molecular weight excluding hydrogens is 296 g/mol. The zero-order chi connectivity index (χ0) is 17.9. The van der Waals surface area contributed by atoms with Gasteiger partial charge in [0.2, 0.25) is 0 Å². The molecule has 0 radical (unpaired) electrons. The van der Waals surface area contributed by atoms with Gasteiger partial charge in [0.1, 0.15) is 5.78 Å². The first-order valence-electron chi connectivity index (χ1n) is 8.68. The van der Waals surface area contributed by atoms with Crippen LogP contribution >= 0.6 is 0 Å². The van der Waals surface area contributed by atoms with Crippen molar-refractivity contribution in [3.63, 3.8) is 0 Å². The summed E-state index contributed by atoms with van der Waals surface area (Å²) < 4.78 is 0. The van der Waals surface area contributed by atoms with Gasteiger partial charge in [-0.3, -0.25) is 4.79 Å². The van der Waals surface area contributed by atoms with Crippen molar-refractivity contribution in [1.29, 1.82) is 0 Å². The van der Waals surface area contributed by atoms with Crippen molar-refractivity contribution >= 4 is 5.78 Å². The van der Waals surface area contributed by atoms with Gasteiger partial charge in [0.25, 0.3) is 0 Å². The van der Waals surface area contributed by atoms with Crippen molar-refractivity contribution in [3.8, 4) is 0 Å². The fraction of sp³-hybridized carbons (Fsp3) is 0.409. The van der Waals surface area contributed by atoms with Gasteiger partial charge in [-0.15, -0.1) is 0 Å². The molecule has 0 amide bonds. The molecule has 0 saturated heterocycles. The van der Waals surface area contributed by atoms with E-state index in [0.29, 0.717) is 18.1 Å². The van der Waals surface area contributed by atoms with Gasteiger partial charge < -0.3 is 5.11 Å². The van der Waals surface area contributed by atoms with E-state index in [0.717, 1.165) is 12.0 Å². The molecule has 0 aliphatic rings. The van der Waals surface area contributed by atoms with Crippen LogP contribution in [0.25, 0.3) is 0 Å². The summed E-state index contributed by atoms with van der Waals surface area (Å²) in [6, 6.07) is 19.9. The number of rotatable bonds is 6. The predicted octanol–water partition coefficient (Wildman–Crippen LogP) is 4.70. The van der Waals surface area contributed by atoms with E-state index in [-0.39, 0.29) is 12.0 Å². The average Bonchev–Trinajstić information content (AvgIpc) is 2.57. The lowest BCUT2D eigenvalue weighted by atomic mass is 10.00. The number of hydrogen-bond donors (Lipinski definition) is 1. The lowest BCUT2D eigenvalue weighted by Gasteiger charge is -2.13. The Balaban J connectivity index is 0.000000240. The molecule has 0 heterocycles. The molecule has 0 aliphatic heterocycles. The van der Waals surface area contributed by atoms with Gasteiger partial charge in [-0.1, -0.05) is 88.4 Å². The second-order valence-corrected chi connectivity index (χ2v) is 6.78. The van der Waals surface area contributed by atoms with E-state index < -0.39 is 0 Å². The van der Waals surface area contributed by atoms with Gasteiger partial charge in [-0.2, -0.15) is 0 Å². The minimum atomic E-state index is -0.215. The number of benzene rings is 2. The highest BCUT2D eigenvalue weighted by molar-refractivity contribution is 5.82.